The predicted molar refractivity (Wildman–Crippen MR) is 75.0 cm³/mol. The highest BCUT2D eigenvalue weighted by Crippen LogP contribution is 2.48. The minimum absolute atomic E-state index is 0.196. The lowest BCUT2D eigenvalue weighted by Crippen LogP contribution is -2.02. The highest BCUT2D eigenvalue weighted by Gasteiger charge is 2.45. The Bertz CT molecular complexity index is 548. The van der Waals surface area contributed by atoms with E-state index < -0.39 is 0 Å². The summed E-state index contributed by atoms with van der Waals surface area (Å²) >= 11 is 3.51. The van der Waals surface area contributed by atoms with E-state index in [0.717, 1.165) is 29.3 Å². The first-order chi connectivity index (χ1) is 9.11. The summed E-state index contributed by atoms with van der Waals surface area (Å²) in [6.45, 7) is 2.12. The number of nitriles is 1. The molecule has 19 heavy (non-hydrogen) atoms. The average Bonchev–Trinajstić information content (AvgIpc) is 3.18. The zero-order valence-electron chi connectivity index (χ0n) is 10.6. The molecule has 0 heterocycles. The van der Waals surface area contributed by atoms with E-state index in [4.69, 9.17) is 9.59 Å². The lowest BCUT2D eigenvalue weighted by Gasteiger charge is -2.08. The van der Waals surface area contributed by atoms with Crippen LogP contribution in [-0.2, 0) is 15.0 Å². The van der Waals surface area contributed by atoms with Crippen molar-refractivity contribution in [3.63, 3.8) is 0 Å². The van der Waals surface area contributed by atoms with Gasteiger partial charge in [-0.15, -0.1) is 0 Å². The van der Waals surface area contributed by atoms with Crippen molar-refractivity contribution in [2.75, 3.05) is 0 Å². The van der Waals surface area contributed by atoms with Gasteiger partial charge in [-0.1, -0.05) is 41.1 Å². The fourth-order valence-electron chi connectivity index (χ4n) is 1.83. The number of carbonyl (C=O) groups excluding carboxylic acids is 2. The average molecular weight is 320 g/mol. The molecule has 1 aromatic carbocycles. The summed E-state index contributed by atoms with van der Waals surface area (Å²) in [6.07, 6.45) is 7.53. The van der Waals surface area contributed by atoms with E-state index in [-0.39, 0.29) is 11.6 Å². The maximum atomic E-state index is 9.18. The Labute approximate surface area is 121 Å². The van der Waals surface area contributed by atoms with E-state index in [9.17, 15) is 5.26 Å². The van der Waals surface area contributed by atoms with Gasteiger partial charge in [-0.3, -0.25) is 0 Å². The zero-order valence-corrected chi connectivity index (χ0v) is 12.2. The Morgan fingerprint density at radius 2 is 2.00 bits per heavy atom. The molecular formula is C15H14BrNO2. The topological polar surface area (TPSA) is 57.9 Å². The van der Waals surface area contributed by atoms with Crippen molar-refractivity contribution in [2.45, 2.75) is 31.6 Å². The number of hydrogen-bond acceptors (Lipinski definition) is 3. The minimum atomic E-state index is -0.196. The smallest absolute Gasteiger partial charge is 0.197 e. The number of halogens is 1. The molecule has 1 aromatic rings. The van der Waals surface area contributed by atoms with Gasteiger partial charge in [0.15, 0.2) is 0 Å². The SMILES string of the molecule is CC/C=C/c1cc(Br)cc(C2(C#N)CC2)c1.O=C=O. The molecule has 0 N–H and O–H groups in total. The van der Waals surface area contributed by atoms with Crippen LogP contribution in [0.1, 0.15) is 37.3 Å². The molecule has 98 valence electrons. The van der Waals surface area contributed by atoms with Gasteiger partial charge >= 0.3 is 6.15 Å². The Kier molecular flexibility index (Phi) is 5.69. The first-order valence-corrected chi connectivity index (χ1v) is 6.79. The van der Waals surface area contributed by atoms with Crippen molar-refractivity contribution in [3.8, 4) is 6.07 Å². The van der Waals surface area contributed by atoms with Crippen molar-refractivity contribution >= 4 is 28.2 Å². The summed E-state index contributed by atoms with van der Waals surface area (Å²) in [7, 11) is 0. The molecule has 0 bridgehead atoms. The molecule has 0 radical (unpaired) electrons. The van der Waals surface area contributed by atoms with E-state index >= 15 is 0 Å². The van der Waals surface area contributed by atoms with Crippen LogP contribution in [0.25, 0.3) is 6.08 Å². The normalized spacial score (nSPS) is 15.0. The van der Waals surface area contributed by atoms with Gasteiger partial charge < -0.3 is 0 Å². The molecule has 1 fully saturated rings. The van der Waals surface area contributed by atoms with Gasteiger partial charge in [-0.2, -0.15) is 14.9 Å². The van der Waals surface area contributed by atoms with Crippen molar-refractivity contribution in [3.05, 3.63) is 39.9 Å². The van der Waals surface area contributed by atoms with Crippen LogP contribution in [0.2, 0.25) is 0 Å². The second-order valence-corrected chi connectivity index (χ2v) is 5.28. The Morgan fingerprint density at radius 3 is 2.47 bits per heavy atom. The standard InChI is InChI=1S/C14H14BrN.CO2/c1-2-3-4-11-7-12(9-13(15)8-11)14(10-16)5-6-14;2-1-3/h3-4,7-9H,2,5-6H2,1H3;/b4-3+;. The van der Waals surface area contributed by atoms with Gasteiger partial charge in [0.2, 0.25) is 0 Å². The Balaban J connectivity index is 0.000000550. The second-order valence-electron chi connectivity index (χ2n) is 4.36. The van der Waals surface area contributed by atoms with E-state index in [0.29, 0.717) is 0 Å². The van der Waals surface area contributed by atoms with Gasteiger partial charge in [0, 0.05) is 4.47 Å². The van der Waals surface area contributed by atoms with Crippen LogP contribution < -0.4 is 0 Å². The van der Waals surface area contributed by atoms with E-state index in [2.05, 4.69) is 59.3 Å². The van der Waals surface area contributed by atoms with Crippen molar-refractivity contribution < 1.29 is 9.59 Å². The molecule has 0 amide bonds. The van der Waals surface area contributed by atoms with Gasteiger partial charge in [-0.25, -0.2) is 0 Å². The molecule has 0 aliphatic heterocycles. The largest absolute Gasteiger partial charge is 0.373 e. The molecule has 0 unspecified atom stereocenters. The number of allylic oxidation sites excluding steroid dienone is 1. The Morgan fingerprint density at radius 1 is 1.37 bits per heavy atom. The summed E-state index contributed by atoms with van der Waals surface area (Å²) in [5.41, 5.74) is 2.13. The van der Waals surface area contributed by atoms with Crippen LogP contribution in [0.4, 0.5) is 0 Å². The van der Waals surface area contributed by atoms with Crippen molar-refractivity contribution in [1.82, 2.24) is 0 Å². The second kappa shape index (κ2) is 7.04. The first kappa shape index (κ1) is 15.4. The van der Waals surface area contributed by atoms with Crippen LogP contribution in [-0.4, -0.2) is 6.15 Å². The predicted octanol–water partition coefficient (Wildman–Crippen LogP) is 3.84. The number of hydrogen-bond donors (Lipinski definition) is 0. The summed E-state index contributed by atoms with van der Waals surface area (Å²) in [6, 6.07) is 8.72. The third kappa shape index (κ3) is 4.17. The monoisotopic (exact) mass is 319 g/mol. The molecule has 4 heteroatoms. The van der Waals surface area contributed by atoms with Gasteiger partial charge in [0.1, 0.15) is 0 Å². The van der Waals surface area contributed by atoms with Gasteiger partial charge in [0.05, 0.1) is 11.5 Å². The summed E-state index contributed by atoms with van der Waals surface area (Å²) in [5.74, 6) is 0. The highest BCUT2D eigenvalue weighted by atomic mass is 79.9. The molecule has 0 spiro atoms. The third-order valence-corrected chi connectivity index (χ3v) is 3.44. The molecule has 0 atom stereocenters. The lowest BCUT2D eigenvalue weighted by atomic mass is 9.96. The van der Waals surface area contributed by atoms with Crippen LogP contribution in [0, 0.1) is 11.3 Å². The van der Waals surface area contributed by atoms with Crippen LogP contribution in [0.3, 0.4) is 0 Å². The number of benzene rings is 1. The Hall–Kier alpha value is -1.69. The molecule has 2 rings (SSSR count). The summed E-state index contributed by atoms with van der Waals surface area (Å²) in [5, 5.41) is 9.18. The molecule has 0 aromatic heterocycles. The minimum Gasteiger partial charge on any atom is -0.197 e. The van der Waals surface area contributed by atoms with Crippen molar-refractivity contribution in [1.29, 1.82) is 5.26 Å². The third-order valence-electron chi connectivity index (χ3n) is 2.98. The number of rotatable bonds is 3. The molecule has 1 saturated carbocycles. The van der Waals surface area contributed by atoms with Crippen LogP contribution in [0.15, 0.2) is 28.7 Å². The molecule has 3 nitrogen and oxygen atoms in total. The van der Waals surface area contributed by atoms with Gasteiger partial charge in [-0.05, 0) is 42.5 Å². The quantitative estimate of drug-likeness (QED) is 0.850. The maximum Gasteiger partial charge on any atom is 0.373 e. The zero-order chi connectivity index (χ0) is 14.3. The fraction of sp³-hybridized carbons (Fsp3) is 0.333. The molecule has 1 aliphatic rings. The van der Waals surface area contributed by atoms with Crippen molar-refractivity contribution in [2.24, 2.45) is 0 Å². The van der Waals surface area contributed by atoms with E-state index in [1.165, 1.54) is 5.56 Å². The highest BCUT2D eigenvalue weighted by molar-refractivity contribution is 9.10. The molecular weight excluding hydrogens is 306 g/mol. The summed E-state index contributed by atoms with van der Waals surface area (Å²) in [4.78, 5) is 16.2. The molecule has 1 aliphatic carbocycles. The van der Waals surface area contributed by atoms with Crippen LogP contribution >= 0.6 is 15.9 Å². The lowest BCUT2D eigenvalue weighted by molar-refractivity contribution is -0.191. The van der Waals surface area contributed by atoms with Gasteiger partial charge in [0.25, 0.3) is 0 Å². The maximum absolute atomic E-state index is 9.18. The summed E-state index contributed by atoms with van der Waals surface area (Å²) < 4.78 is 1.06. The fourth-order valence-corrected chi connectivity index (χ4v) is 2.34. The molecule has 0 saturated heterocycles. The van der Waals surface area contributed by atoms with E-state index in [1.54, 1.807) is 0 Å². The first-order valence-electron chi connectivity index (χ1n) is 6.00. The number of nitrogens with zero attached hydrogens (tertiary/aromatic N) is 1. The van der Waals surface area contributed by atoms with E-state index in [1.807, 2.05) is 0 Å². The van der Waals surface area contributed by atoms with Crippen LogP contribution in [0.5, 0.6) is 0 Å².